The number of benzene rings is 1. The lowest BCUT2D eigenvalue weighted by Crippen LogP contribution is -2.37. The molecule has 2 N–H and O–H groups in total. The van der Waals surface area contributed by atoms with Crippen molar-refractivity contribution >= 4 is 5.91 Å². The van der Waals surface area contributed by atoms with Crippen molar-refractivity contribution in [3.63, 3.8) is 0 Å². The molecule has 1 aromatic heterocycles. The Bertz CT molecular complexity index is 766. The number of aromatic amines is 1. The Kier molecular flexibility index (Phi) is 5.63. The molecule has 0 aliphatic heterocycles. The van der Waals surface area contributed by atoms with Crippen molar-refractivity contribution in [1.82, 2.24) is 10.3 Å². The summed E-state index contributed by atoms with van der Waals surface area (Å²) >= 11 is 0. The molecule has 0 aliphatic carbocycles. The number of rotatable bonds is 6. The lowest BCUT2D eigenvalue weighted by atomic mass is 10.1. The summed E-state index contributed by atoms with van der Waals surface area (Å²) in [5, 5.41) is 2.73. The zero-order valence-corrected chi connectivity index (χ0v) is 14.3. The Balaban J connectivity index is 1.95. The Morgan fingerprint density at radius 3 is 2.42 bits per heavy atom. The molecule has 1 aromatic carbocycles. The SMILES string of the molecule is COc1ccc(OC(C)C(=O)NCc2c(C)cc(C)[nH]c2=O)cc1. The fraction of sp³-hybridized carbons (Fsp3) is 0.333. The van der Waals surface area contributed by atoms with Crippen LogP contribution in [0.4, 0.5) is 0 Å². The van der Waals surface area contributed by atoms with E-state index in [0.29, 0.717) is 17.1 Å². The number of hydrogen-bond donors (Lipinski definition) is 2. The average molecular weight is 330 g/mol. The molecule has 6 heteroatoms. The number of nitrogens with one attached hydrogen (secondary N) is 2. The molecular formula is C18H22N2O4. The molecule has 1 atom stereocenters. The maximum Gasteiger partial charge on any atom is 0.261 e. The quantitative estimate of drug-likeness (QED) is 0.850. The standard InChI is InChI=1S/C18H22N2O4/c1-11-9-12(2)20-18(22)16(11)10-19-17(21)13(3)24-15-7-5-14(23-4)6-8-15/h5-9,13H,10H2,1-4H3,(H,19,21)(H,20,22). The summed E-state index contributed by atoms with van der Waals surface area (Å²) < 4.78 is 10.7. The van der Waals surface area contributed by atoms with Crippen LogP contribution < -0.4 is 20.3 Å². The Hall–Kier alpha value is -2.76. The third kappa shape index (κ3) is 4.38. The molecule has 0 saturated heterocycles. The highest BCUT2D eigenvalue weighted by molar-refractivity contribution is 5.80. The van der Waals surface area contributed by atoms with Gasteiger partial charge in [0.25, 0.3) is 11.5 Å². The number of carbonyl (C=O) groups excluding carboxylic acids is 1. The van der Waals surface area contributed by atoms with Crippen LogP contribution in [0.2, 0.25) is 0 Å². The van der Waals surface area contributed by atoms with Gasteiger partial charge < -0.3 is 19.8 Å². The van der Waals surface area contributed by atoms with E-state index < -0.39 is 6.10 Å². The van der Waals surface area contributed by atoms with Gasteiger partial charge in [-0.25, -0.2) is 0 Å². The summed E-state index contributed by atoms with van der Waals surface area (Å²) in [6.07, 6.45) is -0.678. The predicted octanol–water partition coefficient (Wildman–Crippen LogP) is 2.08. The molecule has 128 valence electrons. The van der Waals surface area contributed by atoms with Gasteiger partial charge in [0, 0.05) is 17.8 Å². The molecule has 0 aliphatic rings. The van der Waals surface area contributed by atoms with Crippen molar-refractivity contribution < 1.29 is 14.3 Å². The largest absolute Gasteiger partial charge is 0.497 e. The number of amides is 1. The number of H-pyrrole nitrogens is 1. The number of aromatic nitrogens is 1. The number of methoxy groups -OCH3 is 1. The first-order chi connectivity index (χ1) is 11.4. The number of aryl methyl sites for hydroxylation is 2. The van der Waals surface area contributed by atoms with E-state index >= 15 is 0 Å². The van der Waals surface area contributed by atoms with Crippen LogP contribution in [0.1, 0.15) is 23.7 Å². The van der Waals surface area contributed by atoms with Crippen LogP contribution in [0.3, 0.4) is 0 Å². The maximum atomic E-state index is 12.2. The Morgan fingerprint density at radius 2 is 1.83 bits per heavy atom. The van der Waals surface area contributed by atoms with E-state index in [0.717, 1.165) is 11.3 Å². The van der Waals surface area contributed by atoms with Gasteiger partial charge >= 0.3 is 0 Å². The van der Waals surface area contributed by atoms with Crippen LogP contribution >= 0.6 is 0 Å². The van der Waals surface area contributed by atoms with Crippen molar-refractivity contribution in [2.75, 3.05) is 7.11 Å². The highest BCUT2D eigenvalue weighted by Gasteiger charge is 2.15. The first-order valence-corrected chi connectivity index (χ1v) is 7.68. The van der Waals surface area contributed by atoms with Crippen LogP contribution in [-0.4, -0.2) is 24.1 Å². The predicted molar refractivity (Wildman–Crippen MR) is 91.5 cm³/mol. The van der Waals surface area contributed by atoms with Crippen LogP contribution in [0.15, 0.2) is 35.1 Å². The van der Waals surface area contributed by atoms with Crippen LogP contribution in [0.25, 0.3) is 0 Å². The fourth-order valence-corrected chi connectivity index (χ4v) is 2.33. The molecular weight excluding hydrogens is 308 g/mol. The monoisotopic (exact) mass is 330 g/mol. The third-order valence-electron chi connectivity index (χ3n) is 3.67. The second kappa shape index (κ2) is 7.68. The highest BCUT2D eigenvalue weighted by atomic mass is 16.5. The summed E-state index contributed by atoms with van der Waals surface area (Å²) in [5.74, 6) is 1.00. The van der Waals surface area contributed by atoms with Crippen molar-refractivity contribution in [2.24, 2.45) is 0 Å². The third-order valence-corrected chi connectivity index (χ3v) is 3.67. The van der Waals surface area contributed by atoms with Gasteiger partial charge in [-0.3, -0.25) is 9.59 Å². The van der Waals surface area contributed by atoms with E-state index in [4.69, 9.17) is 9.47 Å². The van der Waals surface area contributed by atoms with E-state index in [9.17, 15) is 9.59 Å². The molecule has 1 amide bonds. The molecule has 0 radical (unpaired) electrons. The van der Waals surface area contributed by atoms with E-state index in [2.05, 4.69) is 10.3 Å². The van der Waals surface area contributed by atoms with Gasteiger partial charge in [0.2, 0.25) is 0 Å². The minimum Gasteiger partial charge on any atom is -0.497 e. The van der Waals surface area contributed by atoms with Crippen LogP contribution in [0, 0.1) is 13.8 Å². The molecule has 2 rings (SSSR count). The Morgan fingerprint density at radius 1 is 1.21 bits per heavy atom. The first kappa shape index (κ1) is 17.6. The van der Waals surface area contributed by atoms with E-state index in [-0.39, 0.29) is 18.0 Å². The second-order valence-electron chi connectivity index (χ2n) is 5.60. The van der Waals surface area contributed by atoms with Crippen molar-refractivity contribution in [3.8, 4) is 11.5 Å². The van der Waals surface area contributed by atoms with E-state index in [1.54, 1.807) is 38.3 Å². The molecule has 0 fully saturated rings. The van der Waals surface area contributed by atoms with Crippen LogP contribution in [-0.2, 0) is 11.3 Å². The zero-order valence-electron chi connectivity index (χ0n) is 14.3. The van der Waals surface area contributed by atoms with Gasteiger partial charge in [0.05, 0.1) is 7.11 Å². The van der Waals surface area contributed by atoms with Gasteiger partial charge in [-0.15, -0.1) is 0 Å². The Labute approximate surface area is 140 Å². The number of ether oxygens (including phenoxy) is 2. The molecule has 2 aromatic rings. The topological polar surface area (TPSA) is 80.4 Å². The summed E-state index contributed by atoms with van der Waals surface area (Å²) in [6.45, 7) is 5.49. The van der Waals surface area contributed by atoms with Gasteiger partial charge in [-0.05, 0) is 56.7 Å². The molecule has 1 unspecified atom stereocenters. The van der Waals surface area contributed by atoms with Crippen molar-refractivity contribution in [2.45, 2.75) is 33.4 Å². The maximum absolute atomic E-state index is 12.2. The summed E-state index contributed by atoms with van der Waals surface area (Å²) in [5.41, 5.74) is 2.01. The van der Waals surface area contributed by atoms with Gasteiger partial charge in [-0.1, -0.05) is 0 Å². The second-order valence-corrected chi connectivity index (χ2v) is 5.60. The smallest absolute Gasteiger partial charge is 0.261 e. The fourth-order valence-electron chi connectivity index (χ4n) is 2.33. The average Bonchev–Trinajstić information content (AvgIpc) is 2.54. The van der Waals surface area contributed by atoms with Crippen molar-refractivity contribution in [1.29, 1.82) is 0 Å². The lowest BCUT2D eigenvalue weighted by molar-refractivity contribution is -0.127. The van der Waals surface area contributed by atoms with Gasteiger partial charge in [0.1, 0.15) is 11.5 Å². The zero-order chi connectivity index (χ0) is 17.7. The molecule has 0 spiro atoms. The molecule has 0 saturated carbocycles. The molecule has 24 heavy (non-hydrogen) atoms. The summed E-state index contributed by atoms with van der Waals surface area (Å²) in [4.78, 5) is 26.8. The molecule has 6 nitrogen and oxygen atoms in total. The number of pyridine rings is 1. The van der Waals surface area contributed by atoms with Crippen LogP contribution in [0.5, 0.6) is 11.5 Å². The van der Waals surface area contributed by atoms with E-state index in [1.165, 1.54) is 0 Å². The van der Waals surface area contributed by atoms with Crippen molar-refractivity contribution in [3.05, 3.63) is 57.5 Å². The van der Waals surface area contributed by atoms with Gasteiger partial charge in [0.15, 0.2) is 6.10 Å². The summed E-state index contributed by atoms with van der Waals surface area (Å²) in [7, 11) is 1.58. The molecule has 1 heterocycles. The minimum absolute atomic E-state index is 0.163. The number of hydrogen-bond acceptors (Lipinski definition) is 4. The highest BCUT2D eigenvalue weighted by Crippen LogP contribution is 2.18. The minimum atomic E-state index is -0.678. The van der Waals surface area contributed by atoms with E-state index in [1.807, 2.05) is 19.9 Å². The van der Waals surface area contributed by atoms with Gasteiger partial charge in [-0.2, -0.15) is 0 Å². The summed E-state index contributed by atoms with van der Waals surface area (Å²) in [6, 6.07) is 8.86. The molecule has 0 bridgehead atoms. The normalized spacial score (nSPS) is 11.7. The first-order valence-electron chi connectivity index (χ1n) is 7.68. The number of carbonyl (C=O) groups is 1. The lowest BCUT2D eigenvalue weighted by Gasteiger charge is -2.15.